The van der Waals surface area contributed by atoms with Crippen LogP contribution in [0.25, 0.3) is 0 Å². The van der Waals surface area contributed by atoms with Crippen molar-refractivity contribution >= 4 is 40.5 Å². The predicted octanol–water partition coefficient (Wildman–Crippen LogP) is 3.11. The quantitative estimate of drug-likeness (QED) is 0.865. The van der Waals surface area contributed by atoms with Crippen molar-refractivity contribution in [1.82, 2.24) is 9.97 Å². The lowest BCUT2D eigenvalue weighted by Crippen LogP contribution is -1.97. The molecule has 0 aliphatic carbocycles. The summed E-state index contributed by atoms with van der Waals surface area (Å²) in [7, 11) is 0. The Bertz CT molecular complexity index is 516. The molecule has 3 N–H and O–H groups in total. The second-order valence-electron chi connectivity index (χ2n) is 3.08. The van der Waals surface area contributed by atoms with Gasteiger partial charge in [-0.25, -0.2) is 9.97 Å². The minimum atomic E-state index is 0.391. The van der Waals surface area contributed by atoms with Crippen molar-refractivity contribution in [3.05, 3.63) is 40.6 Å². The number of nitrogen functional groups attached to an aromatic ring is 1. The molecule has 1 heterocycles. The van der Waals surface area contributed by atoms with Gasteiger partial charge in [0.05, 0.1) is 10.7 Å². The van der Waals surface area contributed by atoms with Crippen LogP contribution >= 0.6 is 23.2 Å². The molecule has 16 heavy (non-hydrogen) atoms. The average Bonchev–Trinajstić information content (AvgIpc) is 2.22. The minimum absolute atomic E-state index is 0.391. The Morgan fingerprint density at radius 3 is 2.62 bits per heavy atom. The third-order valence-corrected chi connectivity index (χ3v) is 2.43. The highest BCUT2D eigenvalue weighted by Gasteiger charge is 2.02. The third kappa shape index (κ3) is 2.53. The standard InChI is InChI=1S/C10H8Cl2N4/c11-6-1-2-8(7(12)3-6)16-10-4-9(13)14-5-15-10/h1-5H,(H3,13,14,15,16). The number of anilines is 3. The molecule has 0 saturated carbocycles. The van der Waals surface area contributed by atoms with Crippen LogP contribution in [0.1, 0.15) is 0 Å². The number of nitrogens with two attached hydrogens (primary N) is 1. The van der Waals surface area contributed by atoms with Gasteiger partial charge in [0.25, 0.3) is 0 Å². The molecule has 0 unspecified atom stereocenters. The van der Waals surface area contributed by atoms with E-state index in [2.05, 4.69) is 15.3 Å². The van der Waals surface area contributed by atoms with E-state index in [1.807, 2.05) is 0 Å². The molecule has 0 bridgehead atoms. The summed E-state index contributed by atoms with van der Waals surface area (Å²) in [6.07, 6.45) is 1.38. The summed E-state index contributed by atoms with van der Waals surface area (Å²) in [5.41, 5.74) is 6.24. The minimum Gasteiger partial charge on any atom is -0.384 e. The van der Waals surface area contributed by atoms with Gasteiger partial charge in [-0.1, -0.05) is 23.2 Å². The van der Waals surface area contributed by atoms with E-state index in [0.717, 1.165) is 0 Å². The lowest BCUT2D eigenvalue weighted by molar-refractivity contribution is 1.18. The molecule has 1 aromatic carbocycles. The number of halogens is 2. The fraction of sp³-hybridized carbons (Fsp3) is 0. The molecule has 6 heteroatoms. The molecular weight excluding hydrogens is 247 g/mol. The lowest BCUT2D eigenvalue weighted by atomic mass is 10.3. The van der Waals surface area contributed by atoms with E-state index in [0.29, 0.717) is 27.4 Å². The molecule has 0 aliphatic rings. The van der Waals surface area contributed by atoms with Gasteiger partial charge in [0.2, 0.25) is 0 Å². The smallest absolute Gasteiger partial charge is 0.135 e. The van der Waals surface area contributed by atoms with Gasteiger partial charge in [-0.2, -0.15) is 0 Å². The van der Waals surface area contributed by atoms with E-state index in [-0.39, 0.29) is 0 Å². The van der Waals surface area contributed by atoms with Crippen molar-refractivity contribution in [2.75, 3.05) is 11.1 Å². The maximum Gasteiger partial charge on any atom is 0.135 e. The zero-order valence-corrected chi connectivity index (χ0v) is 9.63. The summed E-state index contributed by atoms with van der Waals surface area (Å²) in [6.45, 7) is 0. The highest BCUT2D eigenvalue weighted by Crippen LogP contribution is 2.27. The van der Waals surface area contributed by atoms with Crippen LogP contribution in [-0.4, -0.2) is 9.97 Å². The molecule has 2 rings (SSSR count). The summed E-state index contributed by atoms with van der Waals surface area (Å²) in [5.74, 6) is 0.972. The third-order valence-electron chi connectivity index (χ3n) is 1.88. The van der Waals surface area contributed by atoms with Crippen molar-refractivity contribution < 1.29 is 0 Å². The van der Waals surface area contributed by atoms with Gasteiger partial charge in [0.1, 0.15) is 18.0 Å². The van der Waals surface area contributed by atoms with Crippen molar-refractivity contribution in [2.45, 2.75) is 0 Å². The Morgan fingerprint density at radius 1 is 1.12 bits per heavy atom. The zero-order valence-electron chi connectivity index (χ0n) is 8.11. The zero-order chi connectivity index (χ0) is 11.5. The maximum atomic E-state index is 6.00. The molecule has 2 aromatic rings. The largest absolute Gasteiger partial charge is 0.384 e. The summed E-state index contributed by atoms with van der Waals surface area (Å²) in [5, 5.41) is 4.12. The van der Waals surface area contributed by atoms with E-state index in [9.17, 15) is 0 Å². The van der Waals surface area contributed by atoms with E-state index >= 15 is 0 Å². The Morgan fingerprint density at radius 2 is 1.94 bits per heavy atom. The predicted molar refractivity (Wildman–Crippen MR) is 66.2 cm³/mol. The lowest BCUT2D eigenvalue weighted by Gasteiger charge is -2.07. The van der Waals surface area contributed by atoms with Gasteiger partial charge in [0, 0.05) is 11.1 Å². The first-order chi connectivity index (χ1) is 7.65. The average molecular weight is 255 g/mol. The SMILES string of the molecule is Nc1cc(Nc2ccc(Cl)cc2Cl)ncn1. The number of benzene rings is 1. The highest BCUT2D eigenvalue weighted by molar-refractivity contribution is 6.36. The normalized spacial score (nSPS) is 10.1. The van der Waals surface area contributed by atoms with Crippen LogP contribution in [0.5, 0.6) is 0 Å². The van der Waals surface area contributed by atoms with Crippen molar-refractivity contribution in [2.24, 2.45) is 0 Å². The molecule has 4 nitrogen and oxygen atoms in total. The first-order valence-electron chi connectivity index (χ1n) is 4.45. The number of aromatic nitrogens is 2. The van der Waals surface area contributed by atoms with Gasteiger partial charge in [-0.15, -0.1) is 0 Å². The first kappa shape index (κ1) is 11.0. The molecule has 0 fully saturated rings. The number of rotatable bonds is 2. The maximum absolute atomic E-state index is 6.00. The summed E-state index contributed by atoms with van der Waals surface area (Å²) < 4.78 is 0. The molecule has 1 aromatic heterocycles. The molecule has 0 radical (unpaired) electrons. The highest BCUT2D eigenvalue weighted by atomic mass is 35.5. The summed E-state index contributed by atoms with van der Waals surface area (Å²) >= 11 is 11.8. The molecule has 82 valence electrons. The Balaban J connectivity index is 2.27. The van der Waals surface area contributed by atoms with Gasteiger partial charge >= 0.3 is 0 Å². The second kappa shape index (κ2) is 4.55. The van der Waals surface area contributed by atoms with Gasteiger partial charge in [0.15, 0.2) is 0 Å². The number of nitrogens with zero attached hydrogens (tertiary/aromatic N) is 2. The molecule has 0 saturated heterocycles. The van der Waals surface area contributed by atoms with Crippen LogP contribution in [-0.2, 0) is 0 Å². The van der Waals surface area contributed by atoms with Gasteiger partial charge < -0.3 is 11.1 Å². The number of hydrogen-bond donors (Lipinski definition) is 2. The number of nitrogens with one attached hydrogen (secondary N) is 1. The van der Waals surface area contributed by atoms with Crippen LogP contribution in [0.3, 0.4) is 0 Å². The molecule has 0 spiro atoms. The Hall–Kier alpha value is -1.52. The van der Waals surface area contributed by atoms with E-state index in [4.69, 9.17) is 28.9 Å². The Labute approximate surface area is 102 Å². The molecular formula is C10H8Cl2N4. The topological polar surface area (TPSA) is 63.8 Å². The fourth-order valence-electron chi connectivity index (χ4n) is 1.17. The molecule has 0 atom stereocenters. The van der Waals surface area contributed by atoms with Crippen LogP contribution in [0, 0.1) is 0 Å². The molecule has 0 amide bonds. The summed E-state index contributed by atoms with van der Waals surface area (Å²) in [6, 6.07) is 6.77. The Kier molecular flexibility index (Phi) is 3.12. The van der Waals surface area contributed by atoms with Crippen molar-refractivity contribution in [1.29, 1.82) is 0 Å². The van der Waals surface area contributed by atoms with E-state index < -0.39 is 0 Å². The van der Waals surface area contributed by atoms with Crippen LogP contribution in [0.2, 0.25) is 10.0 Å². The monoisotopic (exact) mass is 254 g/mol. The van der Waals surface area contributed by atoms with E-state index in [1.54, 1.807) is 24.3 Å². The van der Waals surface area contributed by atoms with Crippen LogP contribution in [0.15, 0.2) is 30.6 Å². The molecule has 0 aliphatic heterocycles. The van der Waals surface area contributed by atoms with Crippen molar-refractivity contribution in [3.8, 4) is 0 Å². The van der Waals surface area contributed by atoms with Gasteiger partial charge in [-0.3, -0.25) is 0 Å². The van der Waals surface area contributed by atoms with Crippen LogP contribution in [0.4, 0.5) is 17.3 Å². The van der Waals surface area contributed by atoms with E-state index in [1.165, 1.54) is 6.33 Å². The van der Waals surface area contributed by atoms with Gasteiger partial charge in [-0.05, 0) is 18.2 Å². The first-order valence-corrected chi connectivity index (χ1v) is 5.20. The fourth-order valence-corrected chi connectivity index (χ4v) is 1.63. The summed E-state index contributed by atoms with van der Waals surface area (Å²) in [4.78, 5) is 7.80. The number of hydrogen-bond acceptors (Lipinski definition) is 4. The van der Waals surface area contributed by atoms with Crippen LogP contribution < -0.4 is 11.1 Å². The second-order valence-corrected chi connectivity index (χ2v) is 3.92. The van der Waals surface area contributed by atoms with Crippen molar-refractivity contribution in [3.63, 3.8) is 0 Å².